The van der Waals surface area contributed by atoms with E-state index >= 15 is 0 Å². The number of rotatable bonds is 7. The first kappa shape index (κ1) is 34.9. The van der Waals surface area contributed by atoms with Gasteiger partial charge in [-0.2, -0.15) is 0 Å². The van der Waals surface area contributed by atoms with Gasteiger partial charge >= 0.3 is 0 Å². The fraction of sp³-hybridized carbons (Fsp3) is 0. The van der Waals surface area contributed by atoms with Gasteiger partial charge in [0, 0.05) is 43.9 Å². The number of nitrogens with zero attached hydrogens (tertiary/aromatic N) is 1. The van der Waals surface area contributed by atoms with Gasteiger partial charge in [-0.3, -0.25) is 0 Å². The highest BCUT2D eigenvalue weighted by Gasteiger charge is 2.24. The maximum Gasteiger partial charge on any atom is 0.159 e. The number of hydrogen-bond acceptors (Lipinski definition) is 3. The number of hydrogen-bond donors (Lipinski definition) is 0. The summed E-state index contributed by atoms with van der Waals surface area (Å²) in [7, 11) is 0. The van der Waals surface area contributed by atoms with Gasteiger partial charge in [-0.15, -0.1) is 0 Å². The highest BCUT2D eigenvalue weighted by atomic mass is 16.3. The Labute approximate surface area is 353 Å². The number of fused-ring (bicyclic) bond motifs is 8. The summed E-state index contributed by atoms with van der Waals surface area (Å²) in [6.07, 6.45) is 0. The van der Waals surface area contributed by atoms with Gasteiger partial charge in [0.2, 0.25) is 0 Å². The maximum absolute atomic E-state index is 7.21. The first-order valence-electron chi connectivity index (χ1n) is 20.7. The molecule has 12 aromatic rings. The van der Waals surface area contributed by atoms with Gasteiger partial charge < -0.3 is 13.7 Å². The zero-order valence-electron chi connectivity index (χ0n) is 33.1. The summed E-state index contributed by atoms with van der Waals surface area (Å²) in [4.78, 5) is 2.35. The molecule has 0 saturated carbocycles. The topological polar surface area (TPSA) is 29.5 Å². The van der Waals surface area contributed by atoms with Gasteiger partial charge in [0.05, 0.1) is 5.69 Å². The molecule has 0 spiro atoms. The lowest BCUT2D eigenvalue weighted by Crippen LogP contribution is -2.10. The Morgan fingerprint density at radius 3 is 1.44 bits per heavy atom. The minimum absolute atomic E-state index is 0.827. The van der Waals surface area contributed by atoms with E-state index in [1.54, 1.807) is 0 Å². The van der Waals surface area contributed by atoms with Crippen LogP contribution in [-0.4, -0.2) is 0 Å². The van der Waals surface area contributed by atoms with Crippen molar-refractivity contribution >= 4 is 71.7 Å². The molecule has 0 N–H and O–H groups in total. The fourth-order valence-corrected chi connectivity index (χ4v) is 9.13. The van der Waals surface area contributed by atoms with Crippen molar-refractivity contribution in [2.45, 2.75) is 0 Å². The van der Waals surface area contributed by atoms with Crippen LogP contribution < -0.4 is 4.90 Å². The lowest BCUT2D eigenvalue weighted by atomic mass is 9.94. The Hall–Kier alpha value is -8.14. The average Bonchev–Trinajstić information content (AvgIpc) is 3.92. The van der Waals surface area contributed by atoms with E-state index in [2.05, 4.69) is 217 Å². The summed E-state index contributed by atoms with van der Waals surface area (Å²) < 4.78 is 13.7. The molecule has 0 unspecified atom stereocenters. The third-order valence-electron chi connectivity index (χ3n) is 12.1. The van der Waals surface area contributed by atoms with Crippen LogP contribution in [0.3, 0.4) is 0 Å². The summed E-state index contributed by atoms with van der Waals surface area (Å²) in [6.45, 7) is 0. The molecule has 2 aromatic heterocycles. The smallest absolute Gasteiger partial charge is 0.159 e. The molecule has 10 aromatic carbocycles. The second kappa shape index (κ2) is 14.3. The quantitative estimate of drug-likeness (QED) is 0.161. The van der Waals surface area contributed by atoms with Crippen molar-refractivity contribution in [3.8, 4) is 44.5 Å². The SMILES string of the molecule is c1ccc(-c2ccc(N(c3ccc(-c4cccc5c4oc4ccccc45)cc3)c3cc(-c4ccccc4)cc4c3oc3c5ccccc5c(-c5ccccc5)cc43)cc2)cc1. The van der Waals surface area contributed by atoms with Gasteiger partial charge in [0.15, 0.2) is 5.58 Å². The molecule has 61 heavy (non-hydrogen) atoms. The Morgan fingerprint density at radius 2 is 0.754 bits per heavy atom. The van der Waals surface area contributed by atoms with E-state index in [9.17, 15) is 0 Å². The van der Waals surface area contributed by atoms with Crippen LogP contribution in [0.1, 0.15) is 0 Å². The Bertz CT molecular complexity index is 3550. The minimum atomic E-state index is 0.827. The van der Waals surface area contributed by atoms with Gasteiger partial charge in [-0.05, 0) is 92.9 Å². The predicted octanol–water partition coefficient (Wildman–Crippen LogP) is 16.8. The van der Waals surface area contributed by atoms with Crippen molar-refractivity contribution in [1.29, 1.82) is 0 Å². The van der Waals surface area contributed by atoms with Crippen LogP contribution in [0.2, 0.25) is 0 Å². The lowest BCUT2D eigenvalue weighted by Gasteiger charge is -2.26. The molecule has 0 saturated heterocycles. The van der Waals surface area contributed by atoms with E-state index in [0.29, 0.717) is 0 Å². The lowest BCUT2D eigenvalue weighted by molar-refractivity contribution is 0.670. The molecule has 3 heteroatoms. The van der Waals surface area contributed by atoms with Crippen LogP contribution in [0.25, 0.3) is 99.2 Å². The van der Waals surface area contributed by atoms with Gasteiger partial charge in [-0.1, -0.05) is 176 Å². The van der Waals surface area contributed by atoms with Crippen molar-refractivity contribution in [1.82, 2.24) is 0 Å². The number of para-hydroxylation sites is 2. The molecule has 12 rings (SSSR count). The molecule has 0 amide bonds. The van der Waals surface area contributed by atoms with E-state index in [-0.39, 0.29) is 0 Å². The van der Waals surface area contributed by atoms with Gasteiger partial charge in [0.25, 0.3) is 0 Å². The van der Waals surface area contributed by atoms with Crippen LogP contribution in [0.4, 0.5) is 17.1 Å². The van der Waals surface area contributed by atoms with Crippen LogP contribution in [0, 0.1) is 0 Å². The second-order valence-electron chi connectivity index (χ2n) is 15.6. The van der Waals surface area contributed by atoms with E-state index in [0.717, 1.165) is 99.5 Å². The molecule has 0 bridgehead atoms. The summed E-state index contributed by atoms with van der Waals surface area (Å²) in [5.41, 5.74) is 15.6. The number of furan rings is 2. The molecule has 0 atom stereocenters. The second-order valence-corrected chi connectivity index (χ2v) is 15.6. The molecule has 0 radical (unpaired) electrons. The maximum atomic E-state index is 7.21. The molecule has 0 aliphatic rings. The van der Waals surface area contributed by atoms with Crippen molar-refractivity contribution in [2.24, 2.45) is 0 Å². The van der Waals surface area contributed by atoms with E-state index < -0.39 is 0 Å². The van der Waals surface area contributed by atoms with E-state index in [1.807, 2.05) is 12.1 Å². The summed E-state index contributed by atoms with van der Waals surface area (Å²) in [5.74, 6) is 0. The van der Waals surface area contributed by atoms with Crippen molar-refractivity contribution in [3.05, 3.63) is 224 Å². The van der Waals surface area contributed by atoms with Crippen LogP contribution in [-0.2, 0) is 0 Å². The van der Waals surface area contributed by atoms with Crippen LogP contribution in [0.15, 0.2) is 233 Å². The monoisotopic (exact) mass is 779 g/mol. The van der Waals surface area contributed by atoms with E-state index in [1.165, 1.54) is 16.7 Å². The Morgan fingerprint density at radius 1 is 0.262 bits per heavy atom. The summed E-state index contributed by atoms with van der Waals surface area (Å²) >= 11 is 0. The first-order chi connectivity index (χ1) is 30.2. The third kappa shape index (κ3) is 5.90. The molecule has 0 fully saturated rings. The molecule has 3 nitrogen and oxygen atoms in total. The third-order valence-corrected chi connectivity index (χ3v) is 12.1. The van der Waals surface area contributed by atoms with E-state index in [4.69, 9.17) is 8.83 Å². The van der Waals surface area contributed by atoms with Crippen molar-refractivity contribution in [3.63, 3.8) is 0 Å². The zero-order valence-corrected chi connectivity index (χ0v) is 33.1. The molecule has 286 valence electrons. The largest absolute Gasteiger partial charge is 0.455 e. The van der Waals surface area contributed by atoms with Gasteiger partial charge in [0.1, 0.15) is 16.7 Å². The number of anilines is 3. The molecule has 0 aliphatic carbocycles. The van der Waals surface area contributed by atoms with Crippen molar-refractivity contribution < 1.29 is 8.83 Å². The summed E-state index contributed by atoms with van der Waals surface area (Å²) in [6, 6.07) is 79.8. The Kier molecular flexibility index (Phi) is 8.17. The number of benzene rings is 10. The summed E-state index contributed by atoms with van der Waals surface area (Å²) in [5, 5.41) is 6.63. The molecule has 2 heterocycles. The molecular weight excluding hydrogens is 743 g/mol. The normalized spacial score (nSPS) is 11.6. The first-order valence-corrected chi connectivity index (χ1v) is 20.7. The zero-order chi connectivity index (χ0) is 40.3. The fourth-order valence-electron chi connectivity index (χ4n) is 9.13. The highest BCUT2D eigenvalue weighted by Crippen LogP contribution is 2.48. The van der Waals surface area contributed by atoms with Crippen molar-refractivity contribution in [2.75, 3.05) is 4.90 Å². The highest BCUT2D eigenvalue weighted by molar-refractivity contribution is 6.21. The molecule has 0 aliphatic heterocycles. The standard InChI is InChI=1S/C58H37NO2/c1-4-15-38(16-5-1)40-27-31-44(32-28-40)59(45-33-29-42(30-34-45)46-24-14-25-50-48-22-12-13-26-55(48)60-56(46)50)54-36-43(39-17-6-2-7-18-39)35-52-53-37-51(41-19-8-3-9-20-41)47-21-10-11-23-49(47)57(53)61-58(52)54/h1-37H. The average molecular weight is 780 g/mol. The van der Waals surface area contributed by atoms with Crippen LogP contribution in [0.5, 0.6) is 0 Å². The van der Waals surface area contributed by atoms with Gasteiger partial charge in [-0.25, -0.2) is 0 Å². The molecular formula is C58H37NO2. The van der Waals surface area contributed by atoms with Crippen LogP contribution >= 0.6 is 0 Å². The predicted molar refractivity (Wildman–Crippen MR) is 255 cm³/mol. The minimum Gasteiger partial charge on any atom is -0.455 e. The Balaban J connectivity index is 1.11.